The fourth-order valence-electron chi connectivity index (χ4n) is 5.50. The molecule has 12 heteroatoms. The molecule has 3 aliphatic heterocycles. The summed E-state index contributed by atoms with van der Waals surface area (Å²) in [6, 6.07) is 15.9. The first-order valence-corrected chi connectivity index (χ1v) is 14.4. The Kier molecular flexibility index (Phi) is 6.81. The fraction of sp³-hybridized carbons (Fsp3) is 0.267. The highest BCUT2D eigenvalue weighted by Gasteiger charge is 2.52. The predicted molar refractivity (Wildman–Crippen MR) is 152 cm³/mol. The fourth-order valence-corrected chi connectivity index (χ4v) is 6.43. The minimum atomic E-state index is -1.03. The number of nitrogens with zero attached hydrogens (tertiary/aromatic N) is 2. The first-order valence-electron chi connectivity index (χ1n) is 13.6. The van der Waals surface area contributed by atoms with Crippen LogP contribution < -0.4 is 15.4 Å². The molecule has 7 rings (SSSR count). The van der Waals surface area contributed by atoms with Gasteiger partial charge in [0.15, 0.2) is 5.79 Å². The second-order valence-corrected chi connectivity index (χ2v) is 11.4. The second kappa shape index (κ2) is 10.8. The molecule has 0 bridgehead atoms. The molecule has 0 unspecified atom stereocenters. The highest BCUT2D eigenvalue weighted by Crippen LogP contribution is 2.47. The summed E-state index contributed by atoms with van der Waals surface area (Å²) in [6.45, 7) is 0.837. The number of amides is 3. The van der Waals surface area contributed by atoms with Crippen LogP contribution in [0.1, 0.15) is 22.5 Å². The summed E-state index contributed by atoms with van der Waals surface area (Å²) in [5.41, 5.74) is 2.10. The standard InChI is InChI=1S/C30H27N5O6S/c36-27(16-33-28(37)18-5-6-26-24(12-18)41-23-3-1-2-4-25(23)42-26)35-17-30(39-9-10-40-30)13-22(35)29(38)32-15-20-11-19-14-31-8-7-21(19)34-20/h1-8,11-12,14,22,34H,9-10,13,15-17H2,(H,32,38)(H,33,37)/t22-/m0/s1. The third-order valence-corrected chi connectivity index (χ3v) is 8.67. The van der Waals surface area contributed by atoms with E-state index >= 15 is 0 Å². The van der Waals surface area contributed by atoms with E-state index in [0.717, 1.165) is 32.1 Å². The molecule has 3 amide bonds. The van der Waals surface area contributed by atoms with Gasteiger partial charge in [-0.1, -0.05) is 23.9 Å². The molecule has 4 aromatic rings. The number of likely N-dealkylation sites (tertiary alicyclic amines) is 1. The predicted octanol–water partition coefficient (Wildman–Crippen LogP) is 3.21. The van der Waals surface area contributed by atoms with Crippen molar-refractivity contribution in [1.82, 2.24) is 25.5 Å². The third kappa shape index (κ3) is 5.08. The van der Waals surface area contributed by atoms with Crippen LogP contribution >= 0.6 is 11.8 Å². The Labute approximate surface area is 244 Å². The zero-order chi connectivity index (χ0) is 28.7. The van der Waals surface area contributed by atoms with Crippen molar-refractivity contribution in [3.63, 3.8) is 0 Å². The Hall–Kier alpha value is -4.39. The summed E-state index contributed by atoms with van der Waals surface area (Å²) < 4.78 is 17.6. The van der Waals surface area contributed by atoms with Crippen molar-refractivity contribution >= 4 is 40.4 Å². The van der Waals surface area contributed by atoms with Crippen molar-refractivity contribution in [1.29, 1.82) is 0 Å². The Balaban J connectivity index is 1.01. The van der Waals surface area contributed by atoms with Gasteiger partial charge in [-0.25, -0.2) is 0 Å². The van der Waals surface area contributed by atoms with E-state index in [2.05, 4.69) is 20.6 Å². The number of hydrogen-bond acceptors (Lipinski definition) is 8. The maximum atomic E-state index is 13.4. The van der Waals surface area contributed by atoms with Gasteiger partial charge in [-0.05, 0) is 42.5 Å². The molecule has 1 spiro atoms. The van der Waals surface area contributed by atoms with Crippen LogP contribution in [0.2, 0.25) is 0 Å². The molecule has 42 heavy (non-hydrogen) atoms. The smallest absolute Gasteiger partial charge is 0.251 e. The number of aromatic nitrogens is 2. The number of pyridine rings is 1. The van der Waals surface area contributed by atoms with Gasteiger partial charge in [0, 0.05) is 41.0 Å². The molecule has 0 aliphatic carbocycles. The number of carbonyl (C=O) groups excluding carboxylic acids is 3. The highest BCUT2D eigenvalue weighted by molar-refractivity contribution is 7.99. The number of carbonyl (C=O) groups is 3. The molecule has 2 fully saturated rings. The Morgan fingerprint density at radius 2 is 1.86 bits per heavy atom. The van der Waals surface area contributed by atoms with Crippen molar-refractivity contribution in [2.24, 2.45) is 0 Å². The number of aromatic amines is 1. The number of benzene rings is 2. The van der Waals surface area contributed by atoms with Crippen molar-refractivity contribution in [2.75, 3.05) is 26.3 Å². The minimum Gasteiger partial charge on any atom is -0.455 e. The van der Waals surface area contributed by atoms with E-state index in [0.29, 0.717) is 24.5 Å². The van der Waals surface area contributed by atoms with Crippen LogP contribution in [0, 0.1) is 0 Å². The van der Waals surface area contributed by atoms with Crippen LogP contribution in [0.5, 0.6) is 11.5 Å². The van der Waals surface area contributed by atoms with E-state index in [1.807, 2.05) is 42.5 Å². The van der Waals surface area contributed by atoms with Gasteiger partial charge in [0.1, 0.15) is 17.5 Å². The second-order valence-electron chi connectivity index (χ2n) is 10.3. The summed E-state index contributed by atoms with van der Waals surface area (Å²) in [4.78, 5) is 50.4. The summed E-state index contributed by atoms with van der Waals surface area (Å²) in [7, 11) is 0. The van der Waals surface area contributed by atoms with E-state index in [1.54, 1.807) is 36.3 Å². The van der Waals surface area contributed by atoms with Crippen LogP contribution in [0.3, 0.4) is 0 Å². The molecular weight excluding hydrogens is 558 g/mol. The SMILES string of the molecule is O=C(NCC(=O)N1CC2(C[C@H]1C(=O)NCc1cc3cnccc3[nH]1)OCCO2)c1ccc2c(c1)Oc1ccccc1S2. The molecule has 3 aliphatic rings. The summed E-state index contributed by atoms with van der Waals surface area (Å²) in [6.07, 6.45) is 3.65. The molecule has 2 saturated heterocycles. The van der Waals surface area contributed by atoms with Gasteiger partial charge in [0.25, 0.3) is 5.91 Å². The summed E-state index contributed by atoms with van der Waals surface area (Å²) >= 11 is 1.57. The Bertz CT molecular complexity index is 1670. The maximum absolute atomic E-state index is 13.4. The number of para-hydroxylation sites is 1. The van der Waals surface area contributed by atoms with E-state index < -0.39 is 23.6 Å². The number of rotatable bonds is 6. The molecule has 0 saturated carbocycles. The van der Waals surface area contributed by atoms with Crippen molar-refractivity contribution in [3.05, 3.63) is 78.2 Å². The van der Waals surface area contributed by atoms with E-state index in [-0.39, 0.29) is 32.0 Å². The summed E-state index contributed by atoms with van der Waals surface area (Å²) in [5.74, 6) is -0.874. The number of fused-ring (bicyclic) bond motifs is 3. The molecule has 1 atom stereocenters. The van der Waals surface area contributed by atoms with Gasteiger partial charge in [-0.3, -0.25) is 19.4 Å². The lowest BCUT2D eigenvalue weighted by Crippen LogP contribution is -2.49. The number of nitrogens with one attached hydrogen (secondary N) is 3. The van der Waals surface area contributed by atoms with Crippen LogP contribution in [0.15, 0.2) is 76.8 Å². The zero-order valence-corrected chi connectivity index (χ0v) is 23.2. The average molecular weight is 586 g/mol. The normalized spacial score (nSPS) is 18.4. The topological polar surface area (TPSA) is 135 Å². The van der Waals surface area contributed by atoms with Gasteiger partial charge in [0.05, 0.1) is 42.6 Å². The molecule has 5 heterocycles. The van der Waals surface area contributed by atoms with Gasteiger partial charge in [0.2, 0.25) is 11.8 Å². The summed E-state index contributed by atoms with van der Waals surface area (Å²) in [5, 5.41) is 6.56. The molecule has 11 nitrogen and oxygen atoms in total. The number of hydrogen-bond donors (Lipinski definition) is 3. The van der Waals surface area contributed by atoms with Crippen LogP contribution in [-0.4, -0.2) is 70.7 Å². The van der Waals surface area contributed by atoms with Crippen molar-refractivity contribution in [3.8, 4) is 11.5 Å². The van der Waals surface area contributed by atoms with Gasteiger partial charge in [-0.2, -0.15) is 0 Å². The Morgan fingerprint density at radius 3 is 2.71 bits per heavy atom. The lowest BCUT2D eigenvalue weighted by Gasteiger charge is -2.24. The first kappa shape index (κ1) is 26.5. The molecular formula is C30H27N5O6S. The minimum absolute atomic E-state index is 0.0984. The molecule has 2 aromatic heterocycles. The van der Waals surface area contributed by atoms with Crippen LogP contribution in [0.25, 0.3) is 10.9 Å². The average Bonchev–Trinajstić information content (AvgIpc) is 3.75. The lowest BCUT2D eigenvalue weighted by molar-refractivity contribution is -0.152. The van der Waals surface area contributed by atoms with Gasteiger partial charge >= 0.3 is 0 Å². The number of H-pyrrole nitrogens is 1. The first-order chi connectivity index (χ1) is 20.5. The molecule has 3 N–H and O–H groups in total. The molecule has 0 radical (unpaired) electrons. The van der Waals surface area contributed by atoms with E-state index in [4.69, 9.17) is 14.2 Å². The van der Waals surface area contributed by atoms with Crippen LogP contribution in [0.4, 0.5) is 0 Å². The molecule has 2 aromatic carbocycles. The van der Waals surface area contributed by atoms with E-state index in [1.165, 1.54) is 4.90 Å². The van der Waals surface area contributed by atoms with Gasteiger partial charge < -0.3 is 34.7 Å². The zero-order valence-electron chi connectivity index (χ0n) is 22.4. The van der Waals surface area contributed by atoms with Crippen molar-refractivity contribution < 1.29 is 28.6 Å². The lowest BCUT2D eigenvalue weighted by atomic mass is 10.1. The van der Waals surface area contributed by atoms with Crippen molar-refractivity contribution in [2.45, 2.75) is 34.6 Å². The molecule has 214 valence electrons. The monoisotopic (exact) mass is 585 g/mol. The third-order valence-electron chi connectivity index (χ3n) is 7.55. The van der Waals surface area contributed by atoms with Crippen LogP contribution in [-0.2, 0) is 25.6 Å². The van der Waals surface area contributed by atoms with Gasteiger partial charge in [-0.15, -0.1) is 0 Å². The van der Waals surface area contributed by atoms with E-state index in [9.17, 15) is 14.4 Å². The largest absolute Gasteiger partial charge is 0.455 e. The maximum Gasteiger partial charge on any atom is 0.251 e. The highest BCUT2D eigenvalue weighted by atomic mass is 32.2. The Morgan fingerprint density at radius 1 is 1.02 bits per heavy atom. The quantitative estimate of drug-likeness (QED) is 0.277. The number of ether oxygens (including phenoxy) is 3.